The van der Waals surface area contributed by atoms with E-state index in [1.807, 2.05) is 89.5 Å². The van der Waals surface area contributed by atoms with Gasteiger partial charge in [0, 0.05) is 34.1 Å². The van der Waals surface area contributed by atoms with E-state index in [1.54, 1.807) is 6.08 Å². The van der Waals surface area contributed by atoms with Gasteiger partial charge in [-0.3, -0.25) is 4.79 Å². The second-order valence-electron chi connectivity index (χ2n) is 11.9. The normalized spacial score (nSPS) is 13.5. The molecule has 5 nitrogen and oxygen atoms in total. The van der Waals surface area contributed by atoms with Gasteiger partial charge in [-0.15, -0.1) is 0 Å². The second kappa shape index (κ2) is 11.8. The lowest BCUT2D eigenvalue weighted by atomic mass is 9.94. The van der Waals surface area contributed by atoms with E-state index < -0.39 is 0 Å². The third-order valence-corrected chi connectivity index (χ3v) is 8.60. The molecule has 1 aliphatic rings. The van der Waals surface area contributed by atoms with Crippen molar-refractivity contribution >= 4 is 56.7 Å². The van der Waals surface area contributed by atoms with E-state index in [-0.39, 0.29) is 5.78 Å². The molecule has 0 radical (unpaired) electrons. The predicted octanol–water partition coefficient (Wildman–Crippen LogP) is 10.6. The maximum absolute atomic E-state index is 14.3. The Morgan fingerprint density at radius 2 is 1.17 bits per heavy atom. The molecule has 6 aromatic rings. The summed E-state index contributed by atoms with van der Waals surface area (Å²) in [5, 5.41) is 8.42. The molecular formula is C40H33ClN4O. The van der Waals surface area contributed by atoms with Gasteiger partial charge >= 0.3 is 0 Å². The number of nitrogens with zero attached hydrogens (tertiary/aromatic N) is 2. The molecule has 2 N–H and O–H groups in total. The zero-order chi connectivity index (χ0) is 31.9. The predicted molar refractivity (Wildman–Crippen MR) is 192 cm³/mol. The largest absolute Gasteiger partial charge is 0.354 e. The molecule has 46 heavy (non-hydrogen) atoms. The second-order valence-corrected chi connectivity index (χ2v) is 12.4. The fraction of sp³-hybridized carbons (Fsp3) is 0.100. The number of rotatable bonds is 6. The van der Waals surface area contributed by atoms with Crippen LogP contribution in [0.25, 0.3) is 16.6 Å². The van der Waals surface area contributed by atoms with E-state index in [1.165, 1.54) is 5.56 Å². The van der Waals surface area contributed by atoms with Crippen LogP contribution in [-0.2, 0) is 0 Å². The molecule has 0 atom stereocenters. The molecule has 226 valence electrons. The van der Waals surface area contributed by atoms with Crippen molar-refractivity contribution in [3.63, 3.8) is 0 Å². The summed E-state index contributed by atoms with van der Waals surface area (Å²) in [6.45, 7) is 8.22. The number of carbonyl (C=O) groups is 1. The van der Waals surface area contributed by atoms with Crippen LogP contribution < -0.4 is 10.6 Å². The minimum atomic E-state index is -0.117. The van der Waals surface area contributed by atoms with Gasteiger partial charge in [0.15, 0.2) is 0 Å². The highest BCUT2D eigenvalue weighted by molar-refractivity contribution is 6.36. The minimum Gasteiger partial charge on any atom is -0.354 e. The Hall–Kier alpha value is -5.39. The lowest BCUT2D eigenvalue weighted by Crippen LogP contribution is -2.23. The molecule has 0 spiro atoms. The summed E-state index contributed by atoms with van der Waals surface area (Å²) >= 11 is 6.98. The van der Waals surface area contributed by atoms with Crippen molar-refractivity contribution in [2.45, 2.75) is 27.7 Å². The van der Waals surface area contributed by atoms with Crippen LogP contribution in [0, 0.1) is 27.7 Å². The zero-order valence-electron chi connectivity index (χ0n) is 26.2. The lowest BCUT2D eigenvalue weighted by molar-refractivity contribution is 0.103. The van der Waals surface area contributed by atoms with Crippen LogP contribution in [0.3, 0.4) is 0 Å². The summed E-state index contributed by atoms with van der Waals surface area (Å²) in [7, 11) is 0. The molecule has 0 saturated carbocycles. The van der Waals surface area contributed by atoms with Crippen molar-refractivity contribution in [3.05, 3.63) is 160 Å². The van der Waals surface area contributed by atoms with Crippen molar-refractivity contribution in [2.75, 3.05) is 10.6 Å². The van der Waals surface area contributed by atoms with E-state index in [0.29, 0.717) is 22.1 Å². The molecule has 0 bridgehead atoms. The van der Waals surface area contributed by atoms with Crippen molar-refractivity contribution in [1.29, 1.82) is 0 Å². The number of aryl methyl sites for hydroxylation is 4. The molecule has 6 heteroatoms. The van der Waals surface area contributed by atoms with Gasteiger partial charge in [-0.1, -0.05) is 82.4 Å². The first-order chi connectivity index (χ1) is 22.2. The average Bonchev–Trinajstić information content (AvgIpc) is 3.37. The summed E-state index contributed by atoms with van der Waals surface area (Å²) in [6.07, 6.45) is 1.66. The fourth-order valence-electron chi connectivity index (χ4n) is 5.79. The number of ketones is 1. The number of aromatic nitrogens is 1. The van der Waals surface area contributed by atoms with Gasteiger partial charge in [-0.2, -0.15) is 0 Å². The SMILES string of the molecule is Cc1ccc(N=C2C(Nc3ccc(C)cc3)=CC(=O)c3c2c2cc(Nc4ccc(C)cc4)c(Cl)cc2n3-c2ccc(C)cc2)cc1. The van der Waals surface area contributed by atoms with Crippen molar-refractivity contribution in [3.8, 4) is 5.69 Å². The number of allylic oxidation sites excluding steroid dienone is 2. The van der Waals surface area contributed by atoms with E-state index in [0.717, 1.165) is 61.6 Å². The molecule has 0 aliphatic heterocycles. The fourth-order valence-corrected chi connectivity index (χ4v) is 5.99. The minimum absolute atomic E-state index is 0.117. The van der Waals surface area contributed by atoms with E-state index in [2.05, 4.69) is 62.6 Å². The van der Waals surface area contributed by atoms with Gasteiger partial charge in [-0.05, 0) is 88.4 Å². The van der Waals surface area contributed by atoms with Gasteiger partial charge in [-0.25, -0.2) is 4.99 Å². The molecule has 0 unspecified atom stereocenters. The van der Waals surface area contributed by atoms with E-state index in [4.69, 9.17) is 16.6 Å². The number of hydrogen-bond acceptors (Lipinski definition) is 4. The zero-order valence-corrected chi connectivity index (χ0v) is 26.9. The van der Waals surface area contributed by atoms with Gasteiger partial charge in [0.1, 0.15) is 5.69 Å². The maximum atomic E-state index is 14.3. The van der Waals surface area contributed by atoms with E-state index in [9.17, 15) is 4.79 Å². The first-order valence-corrected chi connectivity index (χ1v) is 15.7. The van der Waals surface area contributed by atoms with Gasteiger partial charge in [0.25, 0.3) is 0 Å². The molecule has 0 amide bonds. The molecule has 1 aliphatic carbocycles. The smallest absolute Gasteiger partial charge is 0.205 e. The van der Waals surface area contributed by atoms with Gasteiger partial charge in [0.05, 0.1) is 33.3 Å². The highest BCUT2D eigenvalue weighted by atomic mass is 35.5. The standard InChI is InChI=1S/C40H33ClN4O/c1-24-5-13-28(14-6-24)42-34-21-32-36(22-33(34)41)45(31-19-11-27(4)12-20-31)40-37(46)23-35(43-29-15-7-25(2)8-16-29)39(38(32)40)44-30-17-9-26(3)10-18-30/h5-23,42-43H,1-4H3. The number of nitrogens with one attached hydrogen (secondary N) is 2. The van der Waals surface area contributed by atoms with Crippen LogP contribution in [0.4, 0.5) is 22.7 Å². The molecular weight excluding hydrogens is 588 g/mol. The Bertz CT molecular complexity index is 2170. The van der Waals surface area contributed by atoms with Crippen molar-refractivity contribution in [2.24, 2.45) is 4.99 Å². The Labute approximate surface area is 273 Å². The lowest BCUT2D eigenvalue weighted by Gasteiger charge is -2.20. The number of hydrogen-bond donors (Lipinski definition) is 2. The highest BCUT2D eigenvalue weighted by Crippen LogP contribution is 2.40. The number of fused-ring (bicyclic) bond motifs is 3. The van der Waals surface area contributed by atoms with Crippen LogP contribution >= 0.6 is 11.6 Å². The first-order valence-electron chi connectivity index (χ1n) is 15.3. The van der Waals surface area contributed by atoms with E-state index >= 15 is 0 Å². The first kappa shape index (κ1) is 29.3. The molecule has 7 rings (SSSR count). The molecule has 0 fully saturated rings. The van der Waals surface area contributed by atoms with Crippen LogP contribution in [0.5, 0.6) is 0 Å². The third kappa shape index (κ3) is 5.62. The van der Waals surface area contributed by atoms with Crippen LogP contribution in [-0.4, -0.2) is 16.1 Å². The number of anilines is 3. The summed E-state index contributed by atoms with van der Waals surface area (Å²) in [5.74, 6) is -0.117. The average molecular weight is 621 g/mol. The number of aliphatic imine (C=N–C) groups is 1. The van der Waals surface area contributed by atoms with Gasteiger partial charge < -0.3 is 15.2 Å². The maximum Gasteiger partial charge on any atom is 0.205 e. The quantitative estimate of drug-likeness (QED) is 0.195. The Morgan fingerprint density at radius 1 is 0.652 bits per heavy atom. The molecule has 1 aromatic heterocycles. The number of carbonyl (C=O) groups excluding carboxylic acids is 1. The van der Waals surface area contributed by atoms with Crippen LogP contribution in [0.15, 0.2) is 126 Å². The summed E-state index contributed by atoms with van der Waals surface area (Å²) < 4.78 is 2.01. The summed E-state index contributed by atoms with van der Waals surface area (Å²) in [4.78, 5) is 19.5. The Balaban J connectivity index is 1.50. The number of benzene rings is 5. The third-order valence-electron chi connectivity index (χ3n) is 8.28. The number of halogens is 1. The highest BCUT2D eigenvalue weighted by Gasteiger charge is 2.33. The molecule has 1 heterocycles. The molecule has 5 aromatic carbocycles. The monoisotopic (exact) mass is 620 g/mol. The summed E-state index contributed by atoms with van der Waals surface area (Å²) in [5.41, 5.74) is 12.2. The summed E-state index contributed by atoms with van der Waals surface area (Å²) in [6, 6.07) is 36.5. The van der Waals surface area contributed by atoms with Crippen molar-refractivity contribution < 1.29 is 4.79 Å². The topological polar surface area (TPSA) is 58.4 Å². The Morgan fingerprint density at radius 3 is 1.76 bits per heavy atom. The van der Waals surface area contributed by atoms with Crippen LogP contribution in [0.1, 0.15) is 38.3 Å². The molecule has 0 saturated heterocycles. The van der Waals surface area contributed by atoms with Crippen LogP contribution in [0.2, 0.25) is 5.02 Å². The Kier molecular flexibility index (Phi) is 7.55. The van der Waals surface area contributed by atoms with Gasteiger partial charge in [0.2, 0.25) is 5.78 Å². The van der Waals surface area contributed by atoms with Crippen molar-refractivity contribution in [1.82, 2.24) is 4.57 Å².